The summed E-state index contributed by atoms with van der Waals surface area (Å²) < 4.78 is 10.8. The van der Waals surface area contributed by atoms with Crippen LogP contribution in [-0.4, -0.2) is 48.8 Å². The van der Waals surface area contributed by atoms with Gasteiger partial charge in [-0.1, -0.05) is 13.0 Å². The Morgan fingerprint density at radius 1 is 1.48 bits per heavy atom. The van der Waals surface area contributed by atoms with Crippen LogP contribution >= 0.6 is 0 Å². The lowest BCUT2D eigenvalue weighted by Crippen LogP contribution is -2.43. The van der Waals surface area contributed by atoms with E-state index < -0.39 is 0 Å². The second-order valence-electron chi connectivity index (χ2n) is 5.24. The topological polar surface area (TPSA) is 59.0 Å². The lowest BCUT2D eigenvalue weighted by molar-refractivity contribution is 0.00201. The van der Waals surface area contributed by atoms with Crippen molar-refractivity contribution in [2.45, 2.75) is 32.3 Å². The molecule has 1 saturated heterocycles. The van der Waals surface area contributed by atoms with Gasteiger partial charge in [0.05, 0.1) is 18.8 Å². The number of likely N-dealkylation sites (tertiary alicyclic amines) is 1. The van der Waals surface area contributed by atoms with E-state index in [1.165, 1.54) is 7.11 Å². The van der Waals surface area contributed by atoms with Crippen LogP contribution in [0.2, 0.25) is 0 Å². The standard InChI is InChI=1S/C16H23NO4/c1-3-10-21-12-6-5-9-17(11-12)16(19)13-7-4-8-14(20-2)15(13)18/h4,7-8,12,18H,3,5-6,9-11H2,1-2H3. The highest BCUT2D eigenvalue weighted by molar-refractivity contribution is 5.97. The summed E-state index contributed by atoms with van der Waals surface area (Å²) in [5, 5.41) is 10.1. The highest BCUT2D eigenvalue weighted by Crippen LogP contribution is 2.30. The third kappa shape index (κ3) is 3.67. The minimum atomic E-state index is -0.170. The number of benzene rings is 1. The van der Waals surface area contributed by atoms with Gasteiger partial charge in [0, 0.05) is 19.7 Å². The molecule has 0 spiro atoms. The van der Waals surface area contributed by atoms with E-state index in [1.807, 2.05) is 0 Å². The molecule has 0 radical (unpaired) electrons. The molecular weight excluding hydrogens is 270 g/mol. The number of nitrogens with zero attached hydrogens (tertiary/aromatic N) is 1. The van der Waals surface area contributed by atoms with Crippen molar-refractivity contribution in [2.75, 3.05) is 26.8 Å². The summed E-state index contributed by atoms with van der Waals surface area (Å²) in [7, 11) is 1.47. The van der Waals surface area contributed by atoms with Crippen molar-refractivity contribution in [1.29, 1.82) is 0 Å². The number of phenols is 1. The van der Waals surface area contributed by atoms with Gasteiger partial charge in [-0.2, -0.15) is 0 Å². The second-order valence-corrected chi connectivity index (χ2v) is 5.24. The molecule has 1 aromatic rings. The Bertz CT molecular complexity index is 489. The zero-order chi connectivity index (χ0) is 15.2. The summed E-state index contributed by atoms with van der Waals surface area (Å²) in [5.74, 6) is 0.0504. The van der Waals surface area contributed by atoms with Gasteiger partial charge in [0.1, 0.15) is 0 Å². The molecular formula is C16H23NO4. The van der Waals surface area contributed by atoms with Gasteiger partial charge in [-0.3, -0.25) is 4.79 Å². The molecule has 0 bridgehead atoms. The molecule has 2 rings (SSSR count). The molecule has 1 amide bonds. The Hall–Kier alpha value is -1.75. The van der Waals surface area contributed by atoms with E-state index in [1.54, 1.807) is 23.1 Å². The number of methoxy groups -OCH3 is 1. The van der Waals surface area contributed by atoms with Crippen molar-refractivity contribution in [1.82, 2.24) is 4.90 Å². The van der Waals surface area contributed by atoms with E-state index in [0.717, 1.165) is 25.9 Å². The molecule has 5 nitrogen and oxygen atoms in total. The SMILES string of the molecule is CCCOC1CCCN(C(=O)c2cccc(OC)c2O)C1. The highest BCUT2D eigenvalue weighted by atomic mass is 16.5. The van der Waals surface area contributed by atoms with E-state index in [0.29, 0.717) is 18.8 Å². The maximum atomic E-state index is 12.6. The number of phenolic OH excluding ortho intramolecular Hbond substituents is 1. The van der Waals surface area contributed by atoms with E-state index in [-0.39, 0.29) is 23.3 Å². The van der Waals surface area contributed by atoms with Gasteiger partial charge < -0.3 is 19.5 Å². The van der Waals surface area contributed by atoms with Crippen molar-refractivity contribution in [3.63, 3.8) is 0 Å². The van der Waals surface area contributed by atoms with Crippen LogP contribution < -0.4 is 4.74 Å². The van der Waals surface area contributed by atoms with Crippen LogP contribution in [0.3, 0.4) is 0 Å². The smallest absolute Gasteiger partial charge is 0.257 e. The average molecular weight is 293 g/mol. The van der Waals surface area contributed by atoms with E-state index in [4.69, 9.17) is 9.47 Å². The zero-order valence-electron chi connectivity index (χ0n) is 12.7. The van der Waals surface area contributed by atoms with Gasteiger partial charge in [-0.15, -0.1) is 0 Å². The van der Waals surface area contributed by atoms with Crippen LogP contribution in [0.4, 0.5) is 0 Å². The summed E-state index contributed by atoms with van der Waals surface area (Å²) in [5.41, 5.74) is 0.283. The number of para-hydroxylation sites is 1. The average Bonchev–Trinajstić information content (AvgIpc) is 2.53. The highest BCUT2D eigenvalue weighted by Gasteiger charge is 2.27. The van der Waals surface area contributed by atoms with Crippen molar-refractivity contribution >= 4 is 5.91 Å². The predicted octanol–water partition coefficient (Wildman–Crippen LogP) is 2.43. The summed E-state index contributed by atoms with van der Waals surface area (Å²) in [6.07, 6.45) is 2.97. The van der Waals surface area contributed by atoms with Crippen LogP contribution in [-0.2, 0) is 4.74 Å². The number of carbonyl (C=O) groups excluding carboxylic acids is 1. The summed E-state index contributed by atoms with van der Waals surface area (Å²) in [6, 6.07) is 4.97. The van der Waals surface area contributed by atoms with Gasteiger partial charge in [-0.05, 0) is 31.4 Å². The summed E-state index contributed by atoms with van der Waals surface area (Å²) in [4.78, 5) is 14.3. The van der Waals surface area contributed by atoms with Crippen LogP contribution in [0.15, 0.2) is 18.2 Å². The Kier molecular flexibility index (Phi) is 5.44. The molecule has 116 valence electrons. The van der Waals surface area contributed by atoms with Gasteiger partial charge in [0.25, 0.3) is 5.91 Å². The first-order valence-corrected chi connectivity index (χ1v) is 7.44. The van der Waals surface area contributed by atoms with Gasteiger partial charge in [0.15, 0.2) is 11.5 Å². The second kappa shape index (κ2) is 7.31. The normalized spacial score (nSPS) is 18.6. The Morgan fingerprint density at radius 3 is 3.00 bits per heavy atom. The first kappa shape index (κ1) is 15.6. The molecule has 1 atom stereocenters. The molecule has 1 heterocycles. The maximum Gasteiger partial charge on any atom is 0.257 e. The molecule has 1 aromatic carbocycles. The number of amides is 1. The minimum Gasteiger partial charge on any atom is -0.504 e. The molecule has 1 aliphatic heterocycles. The third-order valence-corrected chi connectivity index (χ3v) is 3.67. The molecule has 0 aliphatic carbocycles. The van der Waals surface area contributed by atoms with Gasteiger partial charge >= 0.3 is 0 Å². The van der Waals surface area contributed by atoms with Crippen LogP contribution in [0.5, 0.6) is 11.5 Å². The number of hydrogen-bond donors (Lipinski definition) is 1. The Balaban J connectivity index is 2.09. The molecule has 0 saturated carbocycles. The first-order valence-electron chi connectivity index (χ1n) is 7.44. The molecule has 21 heavy (non-hydrogen) atoms. The van der Waals surface area contributed by atoms with Crippen molar-refractivity contribution < 1.29 is 19.4 Å². The molecule has 1 fully saturated rings. The summed E-state index contributed by atoms with van der Waals surface area (Å²) >= 11 is 0. The number of hydrogen-bond acceptors (Lipinski definition) is 4. The van der Waals surface area contributed by atoms with Crippen molar-refractivity contribution in [3.05, 3.63) is 23.8 Å². The molecule has 5 heteroatoms. The van der Waals surface area contributed by atoms with Crippen LogP contribution in [0, 0.1) is 0 Å². The van der Waals surface area contributed by atoms with Crippen molar-refractivity contribution in [2.24, 2.45) is 0 Å². The number of ether oxygens (including phenoxy) is 2. The zero-order valence-corrected chi connectivity index (χ0v) is 12.7. The molecule has 0 aromatic heterocycles. The summed E-state index contributed by atoms with van der Waals surface area (Å²) in [6.45, 7) is 4.06. The van der Waals surface area contributed by atoms with Crippen LogP contribution in [0.25, 0.3) is 0 Å². The quantitative estimate of drug-likeness (QED) is 0.906. The Morgan fingerprint density at radius 2 is 2.29 bits per heavy atom. The lowest BCUT2D eigenvalue weighted by Gasteiger charge is -2.32. The fourth-order valence-electron chi connectivity index (χ4n) is 2.57. The number of rotatable bonds is 5. The Labute approximate surface area is 125 Å². The van der Waals surface area contributed by atoms with Crippen molar-refractivity contribution in [3.8, 4) is 11.5 Å². The molecule has 1 N–H and O–H groups in total. The van der Waals surface area contributed by atoms with E-state index in [9.17, 15) is 9.90 Å². The van der Waals surface area contributed by atoms with E-state index >= 15 is 0 Å². The fourth-order valence-corrected chi connectivity index (χ4v) is 2.57. The molecule has 1 aliphatic rings. The first-order chi connectivity index (χ1) is 10.2. The lowest BCUT2D eigenvalue weighted by atomic mass is 10.1. The third-order valence-electron chi connectivity index (χ3n) is 3.67. The monoisotopic (exact) mass is 293 g/mol. The molecule has 1 unspecified atom stereocenters. The van der Waals surface area contributed by atoms with Crippen LogP contribution in [0.1, 0.15) is 36.5 Å². The number of piperidine rings is 1. The maximum absolute atomic E-state index is 12.6. The largest absolute Gasteiger partial charge is 0.504 e. The minimum absolute atomic E-state index is 0.0930. The predicted molar refractivity (Wildman–Crippen MR) is 79.8 cm³/mol. The fraction of sp³-hybridized carbons (Fsp3) is 0.562. The van der Waals surface area contributed by atoms with Gasteiger partial charge in [0.2, 0.25) is 0 Å². The van der Waals surface area contributed by atoms with Gasteiger partial charge in [-0.25, -0.2) is 0 Å². The number of carbonyl (C=O) groups is 1. The van der Waals surface area contributed by atoms with E-state index in [2.05, 4.69) is 6.92 Å². The number of aromatic hydroxyl groups is 1.